The molecule has 2 rings (SSSR count). The van der Waals surface area contributed by atoms with E-state index in [1.165, 1.54) is 13.2 Å². The van der Waals surface area contributed by atoms with Crippen molar-refractivity contribution in [3.63, 3.8) is 0 Å². The molecule has 0 fully saturated rings. The molecule has 0 spiro atoms. The molecule has 14 heavy (non-hydrogen) atoms. The van der Waals surface area contributed by atoms with E-state index < -0.39 is 0 Å². The van der Waals surface area contributed by atoms with E-state index >= 15 is 0 Å². The van der Waals surface area contributed by atoms with Crippen molar-refractivity contribution in [3.8, 4) is 11.5 Å². The molecule has 0 saturated carbocycles. The molecular weight excluding hydrogens is 185 g/mol. The number of methoxy groups -OCH3 is 1. The van der Waals surface area contributed by atoms with Crippen molar-refractivity contribution < 1.29 is 13.9 Å². The molecular formula is C10H12FNO2. The van der Waals surface area contributed by atoms with Crippen molar-refractivity contribution >= 4 is 5.69 Å². The van der Waals surface area contributed by atoms with Crippen molar-refractivity contribution in [1.29, 1.82) is 0 Å². The zero-order valence-electron chi connectivity index (χ0n) is 8.21. The van der Waals surface area contributed by atoms with Gasteiger partial charge in [0.25, 0.3) is 0 Å². The third-order valence-electron chi connectivity index (χ3n) is 2.33. The van der Waals surface area contributed by atoms with Crippen LogP contribution >= 0.6 is 0 Å². The van der Waals surface area contributed by atoms with Crippen LogP contribution in [0.4, 0.5) is 10.1 Å². The maximum absolute atomic E-state index is 13.3. The maximum atomic E-state index is 13.3. The lowest BCUT2D eigenvalue weighted by molar-refractivity contribution is 0.306. The minimum Gasteiger partial charge on any atom is -0.494 e. The summed E-state index contributed by atoms with van der Waals surface area (Å²) in [5, 5.41) is 0. The fourth-order valence-electron chi connectivity index (χ4n) is 1.51. The van der Waals surface area contributed by atoms with E-state index in [0.717, 1.165) is 12.2 Å². The third kappa shape index (κ3) is 1.36. The molecule has 1 aromatic carbocycles. The molecule has 0 aliphatic carbocycles. The second kappa shape index (κ2) is 3.36. The fourth-order valence-corrected chi connectivity index (χ4v) is 1.51. The van der Waals surface area contributed by atoms with E-state index in [1.54, 1.807) is 6.07 Å². The van der Waals surface area contributed by atoms with Gasteiger partial charge in [0, 0.05) is 19.2 Å². The lowest BCUT2D eigenvalue weighted by Gasteiger charge is -2.27. The molecule has 0 amide bonds. The Morgan fingerprint density at radius 1 is 1.50 bits per heavy atom. The highest BCUT2D eigenvalue weighted by atomic mass is 19.1. The van der Waals surface area contributed by atoms with E-state index in [-0.39, 0.29) is 11.6 Å². The molecule has 1 heterocycles. The molecule has 0 atom stereocenters. The second-order valence-electron chi connectivity index (χ2n) is 3.22. The molecule has 1 aliphatic rings. The molecule has 3 nitrogen and oxygen atoms in total. The number of hydrogen-bond donors (Lipinski definition) is 0. The summed E-state index contributed by atoms with van der Waals surface area (Å²) < 4.78 is 23.6. The van der Waals surface area contributed by atoms with Crippen LogP contribution in [0.25, 0.3) is 0 Å². The van der Waals surface area contributed by atoms with Gasteiger partial charge in [-0.25, -0.2) is 4.39 Å². The van der Waals surface area contributed by atoms with Crippen LogP contribution in [-0.4, -0.2) is 27.3 Å². The van der Waals surface area contributed by atoms with Gasteiger partial charge in [0.15, 0.2) is 11.6 Å². The van der Waals surface area contributed by atoms with Crippen LogP contribution in [0, 0.1) is 5.82 Å². The Kier molecular flexibility index (Phi) is 2.19. The molecule has 0 saturated heterocycles. The van der Waals surface area contributed by atoms with Crippen LogP contribution in [-0.2, 0) is 0 Å². The van der Waals surface area contributed by atoms with Gasteiger partial charge in [-0.05, 0) is 0 Å². The summed E-state index contributed by atoms with van der Waals surface area (Å²) in [7, 11) is 3.35. The zero-order chi connectivity index (χ0) is 10.1. The van der Waals surface area contributed by atoms with Crippen LogP contribution in [0.2, 0.25) is 0 Å². The number of benzene rings is 1. The predicted molar refractivity (Wildman–Crippen MR) is 51.7 cm³/mol. The average molecular weight is 197 g/mol. The largest absolute Gasteiger partial charge is 0.494 e. The Hall–Kier alpha value is -1.45. The Bertz CT molecular complexity index is 354. The minimum atomic E-state index is -0.358. The summed E-state index contributed by atoms with van der Waals surface area (Å²) in [6, 6.07) is 3.02. The number of rotatable bonds is 1. The van der Waals surface area contributed by atoms with E-state index in [4.69, 9.17) is 9.47 Å². The number of fused-ring (bicyclic) bond motifs is 1. The van der Waals surface area contributed by atoms with Crippen molar-refractivity contribution in [1.82, 2.24) is 0 Å². The molecule has 0 aromatic heterocycles. The first-order chi connectivity index (χ1) is 6.72. The standard InChI is InChI=1S/C10H12FNO2/c1-12-3-4-14-10-6-9(13-2)7(11)5-8(10)12/h5-6H,3-4H2,1-2H3. The van der Waals surface area contributed by atoms with Gasteiger partial charge in [-0.15, -0.1) is 0 Å². The highest BCUT2D eigenvalue weighted by Gasteiger charge is 2.18. The summed E-state index contributed by atoms with van der Waals surface area (Å²) in [5.74, 6) is 0.541. The number of likely N-dealkylation sites (N-methyl/N-ethyl adjacent to an activating group) is 1. The summed E-state index contributed by atoms with van der Waals surface area (Å²) >= 11 is 0. The molecule has 4 heteroatoms. The molecule has 0 unspecified atom stereocenters. The Labute approximate surface area is 82.0 Å². The van der Waals surface area contributed by atoms with Crippen LogP contribution in [0.3, 0.4) is 0 Å². The van der Waals surface area contributed by atoms with Crippen molar-refractivity contribution in [2.24, 2.45) is 0 Å². The molecule has 0 radical (unpaired) electrons. The summed E-state index contributed by atoms with van der Waals surface area (Å²) in [4.78, 5) is 1.96. The van der Waals surface area contributed by atoms with Gasteiger partial charge in [0.05, 0.1) is 19.3 Å². The van der Waals surface area contributed by atoms with Gasteiger partial charge in [-0.3, -0.25) is 0 Å². The van der Waals surface area contributed by atoms with Crippen LogP contribution in [0.5, 0.6) is 11.5 Å². The van der Waals surface area contributed by atoms with E-state index in [2.05, 4.69) is 0 Å². The van der Waals surface area contributed by atoms with E-state index in [1.807, 2.05) is 11.9 Å². The average Bonchev–Trinajstić information content (AvgIpc) is 2.19. The lowest BCUT2D eigenvalue weighted by atomic mass is 10.2. The smallest absolute Gasteiger partial charge is 0.167 e. The molecule has 0 bridgehead atoms. The Morgan fingerprint density at radius 3 is 3.00 bits per heavy atom. The summed E-state index contributed by atoms with van der Waals surface area (Å²) in [5.41, 5.74) is 0.773. The number of halogens is 1. The molecule has 1 aromatic rings. The highest BCUT2D eigenvalue weighted by molar-refractivity contribution is 5.62. The first kappa shape index (κ1) is 9.12. The molecule has 1 aliphatic heterocycles. The predicted octanol–water partition coefficient (Wildman–Crippen LogP) is 1.66. The van der Waals surface area contributed by atoms with E-state index in [9.17, 15) is 4.39 Å². The van der Waals surface area contributed by atoms with Gasteiger partial charge in [-0.1, -0.05) is 0 Å². The molecule has 76 valence electrons. The van der Waals surface area contributed by atoms with Gasteiger partial charge >= 0.3 is 0 Å². The van der Waals surface area contributed by atoms with Gasteiger partial charge in [0.2, 0.25) is 0 Å². The quantitative estimate of drug-likeness (QED) is 0.683. The maximum Gasteiger partial charge on any atom is 0.167 e. The topological polar surface area (TPSA) is 21.7 Å². The van der Waals surface area contributed by atoms with Gasteiger partial charge in [-0.2, -0.15) is 0 Å². The zero-order valence-corrected chi connectivity index (χ0v) is 8.21. The van der Waals surface area contributed by atoms with Crippen molar-refractivity contribution in [2.75, 3.05) is 32.2 Å². The highest BCUT2D eigenvalue weighted by Crippen LogP contribution is 2.35. The van der Waals surface area contributed by atoms with Gasteiger partial charge < -0.3 is 14.4 Å². The number of anilines is 1. The number of nitrogens with zero attached hydrogens (tertiary/aromatic N) is 1. The third-order valence-corrected chi connectivity index (χ3v) is 2.33. The van der Waals surface area contributed by atoms with Gasteiger partial charge in [0.1, 0.15) is 12.4 Å². The van der Waals surface area contributed by atoms with Crippen molar-refractivity contribution in [3.05, 3.63) is 17.9 Å². The first-order valence-corrected chi connectivity index (χ1v) is 4.44. The summed E-state index contributed by atoms with van der Waals surface area (Å²) in [6.07, 6.45) is 0. The SMILES string of the molecule is COc1cc2c(cc1F)N(C)CCO2. The monoisotopic (exact) mass is 197 g/mol. The van der Waals surface area contributed by atoms with E-state index in [0.29, 0.717) is 12.4 Å². The lowest BCUT2D eigenvalue weighted by Crippen LogP contribution is -2.28. The summed E-state index contributed by atoms with van der Waals surface area (Å²) in [6.45, 7) is 1.40. The number of ether oxygens (including phenoxy) is 2. The number of hydrogen-bond acceptors (Lipinski definition) is 3. The second-order valence-corrected chi connectivity index (χ2v) is 3.22. The van der Waals surface area contributed by atoms with Crippen LogP contribution < -0.4 is 14.4 Å². The Morgan fingerprint density at radius 2 is 2.29 bits per heavy atom. The fraction of sp³-hybridized carbons (Fsp3) is 0.400. The molecule has 0 N–H and O–H groups in total. The minimum absolute atomic E-state index is 0.221. The Balaban J connectivity index is 2.48. The normalized spacial score (nSPS) is 14.6. The van der Waals surface area contributed by atoms with Crippen LogP contribution in [0.1, 0.15) is 0 Å². The first-order valence-electron chi connectivity index (χ1n) is 4.44. The van der Waals surface area contributed by atoms with Crippen molar-refractivity contribution in [2.45, 2.75) is 0 Å². The van der Waals surface area contributed by atoms with Crippen LogP contribution in [0.15, 0.2) is 12.1 Å².